The average Bonchev–Trinajstić information content (AvgIpc) is 2.78. The van der Waals surface area contributed by atoms with Crippen LogP contribution >= 0.6 is 0 Å². The summed E-state index contributed by atoms with van der Waals surface area (Å²) in [6.45, 7) is -0.0254. The molecule has 112 valence electrons. The van der Waals surface area contributed by atoms with Crippen molar-refractivity contribution in [1.82, 2.24) is 0 Å². The molecule has 0 bridgehead atoms. The highest BCUT2D eigenvalue weighted by molar-refractivity contribution is 5.78. The molecule has 0 aromatic heterocycles. The summed E-state index contributed by atoms with van der Waals surface area (Å²) in [4.78, 5) is 11.5. The maximum absolute atomic E-state index is 12.8. The minimum absolute atomic E-state index is 0.0254. The third-order valence-corrected chi connectivity index (χ3v) is 2.94. The molecule has 0 radical (unpaired) electrons. The van der Waals surface area contributed by atoms with Crippen LogP contribution in [0.3, 0.4) is 0 Å². The number of benzene rings is 1. The molecule has 2 unspecified atom stereocenters. The Kier molecular flexibility index (Phi) is 4.04. The summed E-state index contributed by atoms with van der Waals surface area (Å²) in [5.41, 5.74) is -1.64. The number of esters is 1. The number of nitriles is 1. The third-order valence-electron chi connectivity index (χ3n) is 2.94. The minimum Gasteiger partial charge on any atom is -0.476 e. The van der Waals surface area contributed by atoms with Gasteiger partial charge < -0.3 is 14.2 Å². The molecule has 0 amide bonds. The first kappa shape index (κ1) is 15.1. The van der Waals surface area contributed by atoms with E-state index in [9.17, 15) is 18.0 Å². The number of nitrogens with zero attached hydrogens (tertiary/aromatic N) is 1. The summed E-state index contributed by atoms with van der Waals surface area (Å²) in [6.07, 6.45) is -6.52. The molecular weight excluding hydrogens is 291 g/mol. The molecule has 1 aliphatic rings. The van der Waals surface area contributed by atoms with Crippen LogP contribution in [0.4, 0.5) is 13.2 Å². The highest BCUT2D eigenvalue weighted by Crippen LogP contribution is 2.34. The lowest BCUT2D eigenvalue weighted by Crippen LogP contribution is -2.34. The number of rotatable bonds is 3. The Morgan fingerprint density at radius 3 is 2.71 bits per heavy atom. The van der Waals surface area contributed by atoms with E-state index in [-0.39, 0.29) is 12.4 Å². The second kappa shape index (κ2) is 5.61. The third kappa shape index (κ3) is 3.08. The Hall–Kier alpha value is -2.27. The topological polar surface area (TPSA) is 68.6 Å². The standard InChI is InChI=1S/C13H10F3NO4/c1-19-10-6-20-12(18)11(10)21-8-3-2-7(5-17)9(4-8)13(14,15)16/h2-4,10-11H,6H2,1H3. The summed E-state index contributed by atoms with van der Waals surface area (Å²) in [7, 11) is 1.34. The van der Waals surface area contributed by atoms with Crippen LogP contribution in [0.2, 0.25) is 0 Å². The lowest BCUT2D eigenvalue weighted by Gasteiger charge is -2.17. The van der Waals surface area contributed by atoms with Gasteiger partial charge in [0.1, 0.15) is 18.5 Å². The van der Waals surface area contributed by atoms with Crippen LogP contribution < -0.4 is 4.74 Å². The van der Waals surface area contributed by atoms with Crippen molar-refractivity contribution in [3.05, 3.63) is 29.3 Å². The van der Waals surface area contributed by atoms with Crippen molar-refractivity contribution in [2.45, 2.75) is 18.4 Å². The van der Waals surface area contributed by atoms with Gasteiger partial charge in [-0.1, -0.05) is 0 Å². The zero-order valence-corrected chi connectivity index (χ0v) is 10.8. The van der Waals surface area contributed by atoms with Crippen molar-refractivity contribution in [1.29, 1.82) is 5.26 Å². The predicted molar refractivity (Wildman–Crippen MR) is 62.3 cm³/mol. The van der Waals surface area contributed by atoms with Gasteiger partial charge in [-0.25, -0.2) is 4.79 Å². The molecule has 1 aromatic rings. The summed E-state index contributed by atoms with van der Waals surface area (Å²) in [5, 5.41) is 8.69. The number of hydrogen-bond donors (Lipinski definition) is 0. The fourth-order valence-corrected chi connectivity index (χ4v) is 1.88. The van der Waals surface area contributed by atoms with E-state index in [1.807, 2.05) is 0 Å². The lowest BCUT2D eigenvalue weighted by atomic mass is 10.1. The normalized spacial score (nSPS) is 21.8. The van der Waals surface area contributed by atoms with Gasteiger partial charge in [-0.2, -0.15) is 18.4 Å². The molecule has 21 heavy (non-hydrogen) atoms. The number of carbonyl (C=O) groups is 1. The summed E-state index contributed by atoms with van der Waals surface area (Å²) in [6, 6.07) is 4.31. The first-order valence-corrected chi connectivity index (χ1v) is 5.84. The van der Waals surface area contributed by atoms with E-state index in [0.717, 1.165) is 6.07 Å². The van der Waals surface area contributed by atoms with Gasteiger partial charge in [0.05, 0.1) is 17.2 Å². The van der Waals surface area contributed by atoms with Gasteiger partial charge in [0.2, 0.25) is 6.10 Å². The van der Waals surface area contributed by atoms with Gasteiger partial charge in [0.15, 0.2) is 0 Å². The van der Waals surface area contributed by atoms with E-state index < -0.39 is 35.5 Å². The van der Waals surface area contributed by atoms with Crippen molar-refractivity contribution in [2.24, 2.45) is 0 Å². The molecule has 0 aliphatic carbocycles. The molecule has 5 nitrogen and oxygen atoms in total. The Bertz CT molecular complexity index is 594. The van der Waals surface area contributed by atoms with Gasteiger partial charge in [0, 0.05) is 7.11 Å². The molecule has 1 fully saturated rings. The van der Waals surface area contributed by atoms with Crippen molar-refractivity contribution < 1.29 is 32.2 Å². The quantitative estimate of drug-likeness (QED) is 0.798. The van der Waals surface area contributed by atoms with E-state index in [0.29, 0.717) is 6.07 Å². The lowest BCUT2D eigenvalue weighted by molar-refractivity contribution is -0.143. The SMILES string of the molecule is COC1COC(=O)C1Oc1ccc(C#N)c(C(F)(F)F)c1. The average molecular weight is 301 g/mol. The number of ether oxygens (including phenoxy) is 3. The second-order valence-electron chi connectivity index (χ2n) is 4.26. The summed E-state index contributed by atoms with van der Waals surface area (Å²) < 4.78 is 53.4. The number of alkyl halides is 3. The molecule has 2 rings (SSSR count). The summed E-state index contributed by atoms with van der Waals surface area (Å²) in [5.74, 6) is -0.896. The van der Waals surface area contributed by atoms with Crippen LogP contribution in [0.15, 0.2) is 18.2 Å². The number of hydrogen-bond acceptors (Lipinski definition) is 5. The van der Waals surface area contributed by atoms with Crippen LogP contribution in [0, 0.1) is 11.3 Å². The predicted octanol–water partition coefficient (Wildman–Crippen LogP) is 1.90. The van der Waals surface area contributed by atoms with Crippen molar-refractivity contribution in [2.75, 3.05) is 13.7 Å². The Morgan fingerprint density at radius 2 is 2.14 bits per heavy atom. The van der Waals surface area contributed by atoms with Gasteiger partial charge in [0.25, 0.3) is 0 Å². The molecule has 1 saturated heterocycles. The van der Waals surface area contributed by atoms with Crippen LogP contribution in [0.1, 0.15) is 11.1 Å². The van der Waals surface area contributed by atoms with Crippen LogP contribution in [-0.4, -0.2) is 31.9 Å². The monoisotopic (exact) mass is 301 g/mol. The molecule has 1 aromatic carbocycles. The highest BCUT2D eigenvalue weighted by Gasteiger charge is 2.40. The van der Waals surface area contributed by atoms with Crippen molar-refractivity contribution in [3.63, 3.8) is 0 Å². The van der Waals surface area contributed by atoms with Gasteiger partial charge >= 0.3 is 12.1 Å². The molecule has 0 saturated carbocycles. The number of carbonyl (C=O) groups excluding carboxylic acids is 1. The van der Waals surface area contributed by atoms with Gasteiger partial charge in [-0.05, 0) is 18.2 Å². The smallest absolute Gasteiger partial charge is 0.417 e. The van der Waals surface area contributed by atoms with E-state index >= 15 is 0 Å². The number of halogens is 3. The highest BCUT2D eigenvalue weighted by atomic mass is 19.4. The Balaban J connectivity index is 2.30. The van der Waals surface area contributed by atoms with Gasteiger partial charge in [-0.15, -0.1) is 0 Å². The maximum atomic E-state index is 12.8. The molecule has 1 heterocycles. The minimum atomic E-state index is -4.69. The molecular formula is C13H10F3NO4. The molecule has 0 spiro atoms. The second-order valence-corrected chi connectivity index (χ2v) is 4.26. The first-order valence-electron chi connectivity index (χ1n) is 5.84. The number of cyclic esters (lactones) is 1. The van der Waals surface area contributed by atoms with Crippen molar-refractivity contribution >= 4 is 5.97 Å². The van der Waals surface area contributed by atoms with Crippen LogP contribution in [-0.2, 0) is 20.4 Å². The molecule has 0 N–H and O–H groups in total. The van der Waals surface area contributed by atoms with E-state index in [4.69, 9.17) is 19.5 Å². The fourth-order valence-electron chi connectivity index (χ4n) is 1.88. The Labute approximate surface area is 117 Å². The molecule has 1 aliphatic heterocycles. The van der Waals surface area contributed by atoms with Crippen molar-refractivity contribution in [3.8, 4) is 11.8 Å². The fraction of sp³-hybridized carbons (Fsp3) is 0.385. The van der Waals surface area contributed by atoms with E-state index in [1.54, 1.807) is 0 Å². The zero-order chi connectivity index (χ0) is 15.6. The summed E-state index contributed by atoms with van der Waals surface area (Å²) >= 11 is 0. The van der Waals surface area contributed by atoms with Gasteiger partial charge in [-0.3, -0.25) is 0 Å². The van der Waals surface area contributed by atoms with Crippen LogP contribution in [0.5, 0.6) is 5.75 Å². The molecule has 2 atom stereocenters. The number of methoxy groups -OCH3 is 1. The van der Waals surface area contributed by atoms with E-state index in [1.165, 1.54) is 19.2 Å². The molecule has 8 heteroatoms. The van der Waals surface area contributed by atoms with Crippen LogP contribution in [0.25, 0.3) is 0 Å². The largest absolute Gasteiger partial charge is 0.476 e. The first-order chi connectivity index (χ1) is 9.86. The zero-order valence-electron chi connectivity index (χ0n) is 10.8. The van der Waals surface area contributed by atoms with E-state index in [2.05, 4.69) is 0 Å². The Morgan fingerprint density at radius 1 is 1.43 bits per heavy atom. The maximum Gasteiger partial charge on any atom is 0.417 e.